The van der Waals surface area contributed by atoms with Gasteiger partial charge >= 0.3 is 0 Å². The van der Waals surface area contributed by atoms with Crippen molar-refractivity contribution < 1.29 is 0 Å². The van der Waals surface area contributed by atoms with Crippen molar-refractivity contribution in [1.82, 2.24) is 0 Å². The number of hydrogen-bond donors (Lipinski definition) is 2. The molecule has 0 radical (unpaired) electrons. The molecule has 13 heavy (non-hydrogen) atoms. The first-order valence-electron chi connectivity index (χ1n) is 5.10. The lowest BCUT2D eigenvalue weighted by molar-refractivity contribution is 0.359. The summed E-state index contributed by atoms with van der Waals surface area (Å²) in [4.78, 5) is 0. The van der Waals surface area contributed by atoms with Gasteiger partial charge in [0, 0.05) is 12.3 Å². The van der Waals surface area contributed by atoms with Crippen molar-refractivity contribution in [3.8, 4) is 0 Å². The fourth-order valence-electron chi connectivity index (χ4n) is 1.70. The van der Waals surface area contributed by atoms with Crippen LogP contribution in [-0.2, 0) is 0 Å². The zero-order valence-electron chi connectivity index (χ0n) is 9.03. The minimum atomic E-state index is 0.269. The molecule has 0 bridgehead atoms. The lowest BCUT2D eigenvalue weighted by Gasteiger charge is -2.21. The van der Waals surface area contributed by atoms with Gasteiger partial charge in [0.05, 0.1) is 0 Å². The van der Waals surface area contributed by atoms with Crippen molar-refractivity contribution in [3.63, 3.8) is 0 Å². The Balaban J connectivity index is 4.05. The third kappa shape index (κ3) is 5.64. The van der Waals surface area contributed by atoms with Crippen LogP contribution in [0.4, 0.5) is 0 Å². The molecule has 0 spiro atoms. The van der Waals surface area contributed by atoms with Crippen molar-refractivity contribution >= 4 is 6.21 Å². The molecule has 4 N–H and O–H groups in total. The van der Waals surface area contributed by atoms with E-state index in [0.717, 1.165) is 6.42 Å². The summed E-state index contributed by atoms with van der Waals surface area (Å²) in [5.41, 5.74) is 5.78. The number of nitrogens with two attached hydrogens (primary N) is 2. The number of hydrazone groups is 1. The normalized spacial score (nSPS) is 18.8. The lowest BCUT2D eigenvalue weighted by Crippen LogP contribution is -2.24. The molecule has 0 heterocycles. The Kier molecular flexibility index (Phi) is 6.59. The highest BCUT2D eigenvalue weighted by atomic mass is 15.1. The minimum absolute atomic E-state index is 0.269. The van der Waals surface area contributed by atoms with Crippen molar-refractivity contribution in [2.45, 2.75) is 46.1 Å². The second kappa shape index (κ2) is 6.89. The molecule has 3 atom stereocenters. The molecule has 3 heteroatoms. The number of hydrogen-bond acceptors (Lipinski definition) is 3. The summed E-state index contributed by atoms with van der Waals surface area (Å²) >= 11 is 0. The molecule has 0 saturated carbocycles. The zero-order valence-corrected chi connectivity index (χ0v) is 9.03. The predicted octanol–water partition coefficient (Wildman–Crippen LogP) is 1.72. The Hall–Kier alpha value is -0.570. The molecule has 0 aromatic heterocycles. The fraction of sp³-hybridized carbons (Fsp3) is 0.900. The van der Waals surface area contributed by atoms with Gasteiger partial charge in [-0.05, 0) is 25.2 Å². The van der Waals surface area contributed by atoms with E-state index in [1.54, 1.807) is 0 Å². The standard InChI is InChI=1S/C10H23N3/c1-4-5-10(6-9(3)11)8(2)7-13-12/h7-10H,4-6,11-12H2,1-3H3/b13-7-. The Morgan fingerprint density at radius 1 is 1.38 bits per heavy atom. The summed E-state index contributed by atoms with van der Waals surface area (Å²) in [6, 6.07) is 0.269. The maximum absolute atomic E-state index is 5.78. The molecule has 3 unspecified atom stereocenters. The van der Waals surface area contributed by atoms with Gasteiger partial charge in [0.1, 0.15) is 0 Å². The summed E-state index contributed by atoms with van der Waals surface area (Å²) in [6.45, 7) is 6.40. The number of nitrogens with zero attached hydrogens (tertiary/aromatic N) is 1. The van der Waals surface area contributed by atoms with E-state index in [9.17, 15) is 0 Å². The highest BCUT2D eigenvalue weighted by Gasteiger charge is 2.16. The van der Waals surface area contributed by atoms with Crippen molar-refractivity contribution in [2.24, 2.45) is 28.5 Å². The van der Waals surface area contributed by atoms with Crippen LogP contribution in [0.3, 0.4) is 0 Å². The highest BCUT2D eigenvalue weighted by Crippen LogP contribution is 2.21. The van der Waals surface area contributed by atoms with Crippen molar-refractivity contribution in [2.75, 3.05) is 0 Å². The first-order valence-corrected chi connectivity index (χ1v) is 5.10. The summed E-state index contributed by atoms with van der Waals surface area (Å²) in [5, 5.41) is 3.58. The second-order valence-corrected chi connectivity index (χ2v) is 3.92. The van der Waals surface area contributed by atoms with E-state index in [4.69, 9.17) is 11.6 Å². The molecule has 0 aliphatic carbocycles. The van der Waals surface area contributed by atoms with Gasteiger partial charge in [0.15, 0.2) is 0 Å². The van der Waals surface area contributed by atoms with E-state index >= 15 is 0 Å². The molecule has 0 aromatic rings. The molecule has 78 valence electrons. The van der Waals surface area contributed by atoms with Gasteiger partial charge in [-0.1, -0.05) is 26.7 Å². The third-order valence-corrected chi connectivity index (χ3v) is 2.40. The maximum Gasteiger partial charge on any atom is 0.0271 e. The molecule has 0 aliphatic rings. The van der Waals surface area contributed by atoms with Crippen LogP contribution in [-0.4, -0.2) is 12.3 Å². The topological polar surface area (TPSA) is 64.4 Å². The molecular weight excluding hydrogens is 162 g/mol. The summed E-state index contributed by atoms with van der Waals surface area (Å²) in [5.74, 6) is 6.20. The van der Waals surface area contributed by atoms with Crippen LogP contribution in [0.5, 0.6) is 0 Å². The Bertz CT molecular complexity index is 143. The Labute approximate surface area is 81.6 Å². The first-order chi connectivity index (χ1) is 6.11. The minimum Gasteiger partial charge on any atom is -0.328 e. The summed E-state index contributed by atoms with van der Waals surface area (Å²) in [6.07, 6.45) is 5.28. The van der Waals surface area contributed by atoms with E-state index < -0.39 is 0 Å². The lowest BCUT2D eigenvalue weighted by atomic mass is 9.86. The smallest absolute Gasteiger partial charge is 0.0271 e. The summed E-state index contributed by atoms with van der Waals surface area (Å²) in [7, 11) is 0. The fourth-order valence-corrected chi connectivity index (χ4v) is 1.70. The van der Waals surface area contributed by atoms with E-state index in [0.29, 0.717) is 11.8 Å². The maximum atomic E-state index is 5.78. The SMILES string of the molecule is CCCC(CC(C)N)C(C)/C=N\N. The third-order valence-electron chi connectivity index (χ3n) is 2.40. The zero-order chi connectivity index (χ0) is 10.3. The van der Waals surface area contributed by atoms with Crippen molar-refractivity contribution in [3.05, 3.63) is 0 Å². The quantitative estimate of drug-likeness (QED) is 0.376. The van der Waals surface area contributed by atoms with Gasteiger partial charge in [-0.15, -0.1) is 0 Å². The molecule has 0 saturated heterocycles. The predicted molar refractivity (Wildman–Crippen MR) is 58.5 cm³/mol. The molecule has 0 aliphatic heterocycles. The Morgan fingerprint density at radius 2 is 2.00 bits per heavy atom. The molecule has 0 rings (SSSR count). The molecule has 0 fully saturated rings. The van der Waals surface area contributed by atoms with Gasteiger partial charge in [0.2, 0.25) is 0 Å². The average molecular weight is 185 g/mol. The molecule has 0 amide bonds. The van der Waals surface area contributed by atoms with Crippen LogP contribution in [0, 0.1) is 11.8 Å². The number of rotatable bonds is 6. The van der Waals surface area contributed by atoms with E-state index in [1.807, 2.05) is 6.21 Å². The van der Waals surface area contributed by atoms with Gasteiger partial charge < -0.3 is 11.6 Å². The molecular formula is C10H23N3. The van der Waals surface area contributed by atoms with Gasteiger partial charge in [-0.3, -0.25) is 0 Å². The monoisotopic (exact) mass is 185 g/mol. The molecule has 3 nitrogen and oxygen atoms in total. The van der Waals surface area contributed by atoms with Crippen LogP contribution in [0.15, 0.2) is 5.10 Å². The Morgan fingerprint density at radius 3 is 2.38 bits per heavy atom. The van der Waals surface area contributed by atoms with E-state index in [-0.39, 0.29) is 6.04 Å². The molecule has 0 aromatic carbocycles. The van der Waals surface area contributed by atoms with E-state index in [1.165, 1.54) is 12.8 Å². The van der Waals surface area contributed by atoms with Gasteiger partial charge in [0.25, 0.3) is 0 Å². The largest absolute Gasteiger partial charge is 0.328 e. The van der Waals surface area contributed by atoms with Crippen LogP contribution >= 0.6 is 0 Å². The van der Waals surface area contributed by atoms with Crippen LogP contribution in [0.25, 0.3) is 0 Å². The average Bonchev–Trinajstić information content (AvgIpc) is 2.03. The first kappa shape index (κ1) is 12.4. The highest BCUT2D eigenvalue weighted by molar-refractivity contribution is 5.60. The van der Waals surface area contributed by atoms with Crippen LogP contribution in [0.1, 0.15) is 40.0 Å². The van der Waals surface area contributed by atoms with Gasteiger partial charge in [-0.25, -0.2) is 0 Å². The van der Waals surface area contributed by atoms with Crippen LogP contribution in [0.2, 0.25) is 0 Å². The summed E-state index contributed by atoms with van der Waals surface area (Å²) < 4.78 is 0. The van der Waals surface area contributed by atoms with Crippen molar-refractivity contribution in [1.29, 1.82) is 0 Å². The van der Waals surface area contributed by atoms with E-state index in [2.05, 4.69) is 25.9 Å². The van der Waals surface area contributed by atoms with Crippen LogP contribution < -0.4 is 11.6 Å². The second-order valence-electron chi connectivity index (χ2n) is 3.92. The van der Waals surface area contributed by atoms with Gasteiger partial charge in [-0.2, -0.15) is 5.10 Å².